The second kappa shape index (κ2) is 0.950. The Bertz CT molecular complexity index is 54.6. The van der Waals surface area contributed by atoms with E-state index in [2.05, 4.69) is 0 Å². The lowest BCUT2D eigenvalue weighted by Crippen LogP contribution is -2.50. The van der Waals surface area contributed by atoms with Crippen molar-refractivity contribution in [3.63, 3.8) is 0 Å². The molecule has 0 spiro atoms. The molecule has 1 aliphatic rings. The van der Waals surface area contributed by atoms with Crippen LogP contribution in [-0.2, 0) is 5.21 Å². The average molecular weight is 87.1 g/mol. The number of nitrogens with zero attached hydrogens (tertiary/aromatic N) is 1. The number of likely N-dealkylation sites (tertiary alicyclic amines) is 1. The van der Waals surface area contributed by atoms with Crippen molar-refractivity contribution in [1.29, 1.82) is 0 Å². The van der Waals surface area contributed by atoms with Crippen molar-refractivity contribution in [1.82, 2.24) is 0 Å². The Balaban J connectivity index is 2.31. The molecule has 6 heavy (non-hydrogen) atoms. The Hall–Kier alpha value is -0.0800. The van der Waals surface area contributed by atoms with E-state index >= 15 is 0 Å². The fraction of sp³-hybridized carbons (Fsp3) is 1.00. The number of hydrogen-bond acceptors (Lipinski definition) is 0. The van der Waals surface area contributed by atoms with Crippen molar-refractivity contribution in [3.05, 3.63) is 0 Å². The van der Waals surface area contributed by atoms with E-state index < -0.39 is 0 Å². The summed E-state index contributed by atoms with van der Waals surface area (Å²) in [4.78, 5) is 0. The van der Waals surface area contributed by atoms with Gasteiger partial charge in [-0.1, -0.05) is 0 Å². The van der Waals surface area contributed by atoms with Gasteiger partial charge in [-0.15, -0.1) is 4.65 Å². The van der Waals surface area contributed by atoms with Crippen LogP contribution in [0.25, 0.3) is 0 Å². The monoisotopic (exact) mass is 87.1 g/mol. The lowest BCUT2D eigenvalue weighted by Gasteiger charge is -2.29. The van der Waals surface area contributed by atoms with Crippen molar-refractivity contribution in [3.8, 4) is 0 Å². The van der Waals surface area contributed by atoms with Gasteiger partial charge in [0.05, 0.1) is 6.42 Å². The third-order valence-electron chi connectivity index (χ3n) is 1.26. The minimum atomic E-state index is 0. The molecule has 0 aromatic rings. The van der Waals surface area contributed by atoms with Crippen LogP contribution in [0.4, 0.5) is 0 Å². The van der Waals surface area contributed by atoms with Gasteiger partial charge in [0.1, 0.15) is 20.1 Å². The first kappa shape index (κ1) is 4.09. The maximum atomic E-state index is 10.5. The third-order valence-corrected chi connectivity index (χ3v) is 1.26. The van der Waals surface area contributed by atoms with E-state index in [-0.39, 0.29) is 4.65 Å². The number of rotatable bonds is 0. The average Bonchev–Trinajstić information content (AvgIpc) is 1.32. The summed E-state index contributed by atoms with van der Waals surface area (Å²) in [5.74, 6) is 0. The first-order chi connectivity index (χ1) is 2.71. The maximum Gasteiger partial charge on any atom is 0.117 e. The van der Waals surface area contributed by atoms with Crippen LogP contribution in [0.5, 0.6) is 0 Å². The molecule has 0 aromatic heterocycles. The van der Waals surface area contributed by atoms with Crippen molar-refractivity contribution < 1.29 is 9.85 Å². The van der Waals surface area contributed by atoms with Crippen molar-refractivity contribution in [2.75, 3.05) is 20.1 Å². The fourth-order valence-corrected chi connectivity index (χ4v) is 0.603. The number of hydroxylamine groups is 3. The van der Waals surface area contributed by atoms with Gasteiger partial charge in [0.2, 0.25) is 0 Å². The molecular weight excluding hydrogens is 78.0 g/mol. The molecule has 0 bridgehead atoms. The molecule has 1 saturated heterocycles. The summed E-state index contributed by atoms with van der Waals surface area (Å²) in [5, 5.41) is 10.5. The summed E-state index contributed by atoms with van der Waals surface area (Å²) >= 11 is 0. The Morgan fingerprint density at radius 2 is 1.83 bits per heavy atom. The van der Waals surface area contributed by atoms with Gasteiger partial charge in [0.15, 0.2) is 0 Å². The van der Waals surface area contributed by atoms with Crippen LogP contribution in [0.3, 0.4) is 0 Å². The molecule has 0 saturated carbocycles. The molecule has 1 radical (unpaired) electrons. The first-order valence-electron chi connectivity index (χ1n) is 2.26. The minimum absolute atomic E-state index is 0. The topological polar surface area (TPSA) is 19.9 Å². The Morgan fingerprint density at radius 3 is 1.83 bits per heavy atom. The second-order valence-electron chi connectivity index (χ2n) is 2.10. The number of hydrogen-bond donors (Lipinski definition) is 0. The normalized spacial score (nSPS) is 29.0. The standard InChI is InChI=1S/C4H9NO/c1-5(6)3-2-4-5/h2-4H2,1H3/q+1. The van der Waals surface area contributed by atoms with Gasteiger partial charge >= 0.3 is 0 Å². The Labute approximate surface area is 37.5 Å². The van der Waals surface area contributed by atoms with Gasteiger partial charge in [-0.2, -0.15) is 0 Å². The quantitative estimate of drug-likeness (QED) is 0.376. The van der Waals surface area contributed by atoms with E-state index in [0.717, 1.165) is 19.5 Å². The molecule has 0 aromatic carbocycles. The predicted molar refractivity (Wildman–Crippen MR) is 21.2 cm³/mol. The fourth-order valence-electron chi connectivity index (χ4n) is 0.603. The molecule has 0 aliphatic carbocycles. The molecule has 1 aliphatic heterocycles. The van der Waals surface area contributed by atoms with Gasteiger partial charge in [0.25, 0.3) is 0 Å². The first-order valence-corrected chi connectivity index (χ1v) is 2.26. The van der Waals surface area contributed by atoms with Crippen LogP contribution >= 0.6 is 0 Å². The van der Waals surface area contributed by atoms with Crippen LogP contribution < -0.4 is 0 Å². The molecule has 1 fully saturated rings. The highest BCUT2D eigenvalue weighted by Crippen LogP contribution is 2.10. The van der Waals surface area contributed by atoms with Gasteiger partial charge in [-0.3, -0.25) is 0 Å². The van der Waals surface area contributed by atoms with E-state index in [9.17, 15) is 5.21 Å². The lowest BCUT2D eigenvalue weighted by atomic mass is 10.2. The molecule has 0 amide bonds. The largest absolute Gasteiger partial charge is 0.144 e. The molecule has 35 valence electrons. The molecule has 1 rings (SSSR count). The van der Waals surface area contributed by atoms with E-state index in [4.69, 9.17) is 0 Å². The summed E-state index contributed by atoms with van der Waals surface area (Å²) in [6, 6.07) is 0. The van der Waals surface area contributed by atoms with Crippen molar-refractivity contribution in [2.45, 2.75) is 6.42 Å². The Kier molecular flexibility index (Phi) is 0.648. The number of quaternary nitrogens is 1. The van der Waals surface area contributed by atoms with Crippen molar-refractivity contribution in [2.24, 2.45) is 0 Å². The zero-order valence-corrected chi connectivity index (χ0v) is 3.98. The SMILES string of the molecule is C[N+]1([O])CCC1. The Morgan fingerprint density at radius 1 is 1.50 bits per heavy atom. The highest BCUT2D eigenvalue weighted by molar-refractivity contribution is 4.41. The van der Waals surface area contributed by atoms with Gasteiger partial charge in [-0.25, -0.2) is 0 Å². The maximum absolute atomic E-state index is 10.5. The molecule has 0 atom stereocenters. The lowest BCUT2D eigenvalue weighted by molar-refractivity contribution is -1.14. The van der Waals surface area contributed by atoms with Gasteiger partial charge < -0.3 is 0 Å². The second-order valence-corrected chi connectivity index (χ2v) is 2.10. The molecule has 1 heterocycles. The summed E-state index contributed by atoms with van der Waals surface area (Å²) < 4.78 is 0. The molecule has 0 unspecified atom stereocenters. The van der Waals surface area contributed by atoms with Crippen LogP contribution in [0, 0.1) is 0 Å². The van der Waals surface area contributed by atoms with Crippen LogP contribution in [-0.4, -0.2) is 24.8 Å². The summed E-state index contributed by atoms with van der Waals surface area (Å²) in [6.07, 6.45) is 1.12. The highest BCUT2D eigenvalue weighted by Gasteiger charge is 2.30. The highest BCUT2D eigenvalue weighted by atomic mass is 16.5. The summed E-state index contributed by atoms with van der Waals surface area (Å²) in [6.45, 7) is 1.67. The van der Waals surface area contributed by atoms with E-state index in [1.165, 1.54) is 0 Å². The van der Waals surface area contributed by atoms with Gasteiger partial charge in [-0.05, 0) is 0 Å². The molecule has 0 N–H and O–H groups in total. The smallest absolute Gasteiger partial charge is 0.117 e. The van der Waals surface area contributed by atoms with Crippen molar-refractivity contribution >= 4 is 0 Å². The van der Waals surface area contributed by atoms with E-state index in [0.29, 0.717) is 0 Å². The molecule has 2 heteroatoms. The van der Waals surface area contributed by atoms with Gasteiger partial charge in [0, 0.05) is 5.21 Å². The van der Waals surface area contributed by atoms with Crippen LogP contribution in [0.2, 0.25) is 0 Å². The zero-order valence-electron chi connectivity index (χ0n) is 3.98. The zero-order chi connectivity index (χ0) is 4.62. The molecular formula is C4H9NO+. The third kappa shape index (κ3) is 0.533. The summed E-state index contributed by atoms with van der Waals surface area (Å²) in [5.41, 5.74) is 0. The van der Waals surface area contributed by atoms with Crippen LogP contribution in [0.15, 0.2) is 0 Å². The van der Waals surface area contributed by atoms with E-state index in [1.54, 1.807) is 7.05 Å². The van der Waals surface area contributed by atoms with E-state index in [1.807, 2.05) is 0 Å². The molecule has 2 nitrogen and oxygen atoms in total. The minimum Gasteiger partial charge on any atom is -0.144 e. The predicted octanol–water partition coefficient (Wildman–Crippen LogP) is 0.182. The summed E-state index contributed by atoms with van der Waals surface area (Å²) in [7, 11) is 1.71. The van der Waals surface area contributed by atoms with Crippen LogP contribution in [0.1, 0.15) is 6.42 Å².